The van der Waals surface area contributed by atoms with Crippen LogP contribution in [0.3, 0.4) is 0 Å². The number of halogens is 1. The molecule has 0 aromatic heterocycles. The summed E-state index contributed by atoms with van der Waals surface area (Å²) in [7, 11) is 0. The van der Waals surface area contributed by atoms with Gasteiger partial charge in [0.2, 0.25) is 5.91 Å². The van der Waals surface area contributed by atoms with Gasteiger partial charge in [-0.15, -0.1) is 11.6 Å². The predicted octanol–water partition coefficient (Wildman–Crippen LogP) is 2.57. The summed E-state index contributed by atoms with van der Waals surface area (Å²) in [5.74, 6) is 0.849. The van der Waals surface area contributed by atoms with Gasteiger partial charge in [0.25, 0.3) is 0 Å². The first-order valence-electron chi connectivity index (χ1n) is 7.08. The van der Waals surface area contributed by atoms with Crippen molar-refractivity contribution in [2.45, 2.75) is 57.6 Å². The fourth-order valence-corrected chi connectivity index (χ4v) is 3.66. The zero-order chi connectivity index (χ0) is 13.3. The van der Waals surface area contributed by atoms with Gasteiger partial charge in [0, 0.05) is 11.9 Å². The highest BCUT2D eigenvalue weighted by molar-refractivity contribution is 6.20. The Kier molecular flexibility index (Phi) is 4.54. The second-order valence-corrected chi connectivity index (χ2v) is 6.44. The zero-order valence-electron chi connectivity index (χ0n) is 11.5. The molecule has 2 fully saturated rings. The number of ether oxygens (including phenoxy) is 1. The minimum absolute atomic E-state index is 0.0184. The van der Waals surface area contributed by atoms with Crippen LogP contribution in [0.1, 0.15) is 40.0 Å². The average Bonchev–Trinajstić information content (AvgIpc) is 2.81. The predicted molar refractivity (Wildman–Crippen MR) is 72.7 cm³/mol. The molecule has 0 radical (unpaired) electrons. The number of hydrogen-bond donors (Lipinski definition) is 1. The Balaban J connectivity index is 1.84. The van der Waals surface area contributed by atoms with Crippen LogP contribution in [0.4, 0.5) is 0 Å². The van der Waals surface area contributed by atoms with Crippen molar-refractivity contribution in [3.05, 3.63) is 0 Å². The number of nitrogens with one attached hydrogen (secondary N) is 1. The van der Waals surface area contributed by atoms with Gasteiger partial charge in [-0.2, -0.15) is 0 Å². The number of amides is 1. The molecule has 2 rings (SSSR count). The smallest absolute Gasteiger partial charge is 0.226 e. The van der Waals surface area contributed by atoms with Gasteiger partial charge in [0.1, 0.15) is 0 Å². The van der Waals surface area contributed by atoms with Crippen LogP contribution in [0.25, 0.3) is 0 Å². The molecule has 1 heterocycles. The lowest BCUT2D eigenvalue weighted by atomic mass is 9.88. The van der Waals surface area contributed by atoms with Gasteiger partial charge in [0.05, 0.1) is 18.1 Å². The SMILES string of the molecule is CC1OC(C)C(C(=O)NCC2CCCC2Cl)C1C. The molecule has 6 atom stereocenters. The van der Waals surface area contributed by atoms with E-state index in [1.165, 1.54) is 6.42 Å². The molecule has 3 nitrogen and oxygen atoms in total. The molecule has 18 heavy (non-hydrogen) atoms. The summed E-state index contributed by atoms with van der Waals surface area (Å²) in [5, 5.41) is 3.31. The number of carbonyl (C=O) groups is 1. The third-order valence-corrected chi connectivity index (χ3v) is 5.22. The maximum Gasteiger partial charge on any atom is 0.226 e. The van der Waals surface area contributed by atoms with E-state index in [9.17, 15) is 4.79 Å². The Labute approximate surface area is 115 Å². The Bertz CT molecular complexity index is 310. The highest BCUT2D eigenvalue weighted by Crippen LogP contribution is 2.33. The molecular formula is C14H24ClNO2. The molecule has 1 aliphatic heterocycles. The van der Waals surface area contributed by atoms with Crippen molar-refractivity contribution >= 4 is 17.5 Å². The van der Waals surface area contributed by atoms with Crippen molar-refractivity contribution in [2.24, 2.45) is 17.8 Å². The summed E-state index contributed by atoms with van der Waals surface area (Å²) in [6, 6.07) is 0. The molecule has 104 valence electrons. The van der Waals surface area contributed by atoms with Crippen molar-refractivity contribution in [1.29, 1.82) is 0 Å². The molecular weight excluding hydrogens is 250 g/mol. The molecule has 2 aliphatic rings. The topological polar surface area (TPSA) is 38.3 Å². The van der Waals surface area contributed by atoms with Crippen molar-refractivity contribution < 1.29 is 9.53 Å². The molecule has 0 aromatic carbocycles. The molecule has 1 aliphatic carbocycles. The lowest BCUT2D eigenvalue weighted by Crippen LogP contribution is -2.40. The van der Waals surface area contributed by atoms with Crippen molar-refractivity contribution in [1.82, 2.24) is 5.32 Å². The van der Waals surface area contributed by atoms with Crippen LogP contribution in [0, 0.1) is 17.8 Å². The van der Waals surface area contributed by atoms with Crippen LogP contribution in [0.2, 0.25) is 0 Å². The Hall–Kier alpha value is -0.280. The highest BCUT2D eigenvalue weighted by atomic mass is 35.5. The first kappa shape index (κ1) is 14.1. The first-order chi connectivity index (χ1) is 8.50. The lowest BCUT2D eigenvalue weighted by Gasteiger charge is -2.20. The molecule has 0 bridgehead atoms. The Morgan fingerprint density at radius 3 is 2.50 bits per heavy atom. The van der Waals surface area contributed by atoms with E-state index in [0.29, 0.717) is 5.92 Å². The molecule has 1 amide bonds. The van der Waals surface area contributed by atoms with Crippen LogP contribution in [0.15, 0.2) is 0 Å². The van der Waals surface area contributed by atoms with Crippen LogP contribution in [-0.2, 0) is 9.53 Å². The van der Waals surface area contributed by atoms with Crippen molar-refractivity contribution in [2.75, 3.05) is 6.54 Å². The van der Waals surface area contributed by atoms with E-state index in [1.807, 2.05) is 13.8 Å². The van der Waals surface area contributed by atoms with Crippen LogP contribution >= 0.6 is 11.6 Å². The minimum Gasteiger partial charge on any atom is -0.374 e. The van der Waals surface area contributed by atoms with E-state index >= 15 is 0 Å². The Morgan fingerprint density at radius 2 is 2.00 bits per heavy atom. The number of alkyl halides is 1. The second kappa shape index (κ2) is 5.79. The fourth-order valence-electron chi connectivity index (χ4n) is 3.29. The van der Waals surface area contributed by atoms with Crippen molar-refractivity contribution in [3.63, 3.8) is 0 Å². The van der Waals surface area contributed by atoms with E-state index in [-0.39, 0.29) is 35.3 Å². The van der Waals surface area contributed by atoms with Gasteiger partial charge in [-0.25, -0.2) is 0 Å². The lowest BCUT2D eigenvalue weighted by molar-refractivity contribution is -0.127. The molecule has 0 spiro atoms. The van der Waals surface area contributed by atoms with E-state index in [4.69, 9.17) is 16.3 Å². The van der Waals surface area contributed by atoms with Gasteiger partial charge in [-0.3, -0.25) is 4.79 Å². The molecule has 1 saturated heterocycles. The van der Waals surface area contributed by atoms with Crippen LogP contribution < -0.4 is 5.32 Å². The monoisotopic (exact) mass is 273 g/mol. The average molecular weight is 274 g/mol. The van der Waals surface area contributed by atoms with E-state index in [0.717, 1.165) is 19.4 Å². The second-order valence-electron chi connectivity index (χ2n) is 5.88. The van der Waals surface area contributed by atoms with Crippen molar-refractivity contribution in [3.8, 4) is 0 Å². The Morgan fingerprint density at radius 1 is 1.28 bits per heavy atom. The normalized spacial score (nSPS) is 44.2. The van der Waals surface area contributed by atoms with Gasteiger partial charge in [-0.05, 0) is 38.5 Å². The summed E-state index contributed by atoms with van der Waals surface area (Å²) in [6.07, 6.45) is 3.59. The summed E-state index contributed by atoms with van der Waals surface area (Å²) in [5.41, 5.74) is 0. The summed E-state index contributed by atoms with van der Waals surface area (Å²) in [4.78, 5) is 12.2. The molecule has 0 aromatic rings. The van der Waals surface area contributed by atoms with Gasteiger partial charge >= 0.3 is 0 Å². The number of rotatable bonds is 3. The molecule has 6 unspecified atom stereocenters. The van der Waals surface area contributed by atoms with E-state index in [2.05, 4.69) is 12.2 Å². The van der Waals surface area contributed by atoms with E-state index in [1.54, 1.807) is 0 Å². The van der Waals surface area contributed by atoms with Gasteiger partial charge in [0.15, 0.2) is 0 Å². The fraction of sp³-hybridized carbons (Fsp3) is 0.929. The van der Waals surface area contributed by atoms with E-state index < -0.39 is 0 Å². The summed E-state index contributed by atoms with van der Waals surface area (Å²) < 4.78 is 5.71. The quantitative estimate of drug-likeness (QED) is 0.803. The summed E-state index contributed by atoms with van der Waals surface area (Å²) in [6.45, 7) is 6.85. The molecule has 1 N–H and O–H groups in total. The van der Waals surface area contributed by atoms with Crippen LogP contribution in [0.5, 0.6) is 0 Å². The van der Waals surface area contributed by atoms with Gasteiger partial charge in [-0.1, -0.05) is 13.3 Å². The van der Waals surface area contributed by atoms with Crippen LogP contribution in [-0.4, -0.2) is 30.0 Å². The van der Waals surface area contributed by atoms with Gasteiger partial charge < -0.3 is 10.1 Å². The largest absolute Gasteiger partial charge is 0.374 e. The third-order valence-electron chi connectivity index (χ3n) is 4.65. The number of hydrogen-bond acceptors (Lipinski definition) is 2. The maximum absolute atomic E-state index is 12.2. The highest BCUT2D eigenvalue weighted by Gasteiger charge is 2.41. The minimum atomic E-state index is -0.0184. The maximum atomic E-state index is 12.2. The first-order valence-corrected chi connectivity index (χ1v) is 7.51. The summed E-state index contributed by atoms with van der Waals surface area (Å²) >= 11 is 6.23. The molecule has 4 heteroatoms. The number of carbonyl (C=O) groups excluding carboxylic acids is 1. The third kappa shape index (κ3) is 2.83. The molecule has 1 saturated carbocycles. The zero-order valence-corrected chi connectivity index (χ0v) is 12.2. The standard InChI is InChI=1S/C14H24ClNO2/c1-8-9(2)18-10(3)13(8)14(17)16-7-11-5-4-6-12(11)15/h8-13H,4-7H2,1-3H3,(H,16,17).